The molecule has 2 nitrogen and oxygen atoms in total. The van der Waals surface area contributed by atoms with Crippen molar-refractivity contribution in [1.82, 2.24) is 5.32 Å². The van der Waals surface area contributed by atoms with Gasteiger partial charge in [-0.2, -0.15) is 0 Å². The summed E-state index contributed by atoms with van der Waals surface area (Å²) >= 11 is 0. The summed E-state index contributed by atoms with van der Waals surface area (Å²) in [4.78, 5) is 11.3. The van der Waals surface area contributed by atoms with Crippen LogP contribution in [0.25, 0.3) is 0 Å². The number of benzene rings is 1. The van der Waals surface area contributed by atoms with Crippen LogP contribution in [-0.2, 0) is 0 Å². The molecule has 15 heavy (non-hydrogen) atoms. The highest BCUT2D eigenvalue weighted by molar-refractivity contribution is 5.94. The van der Waals surface area contributed by atoms with Crippen molar-refractivity contribution in [3.8, 4) is 0 Å². The van der Waals surface area contributed by atoms with E-state index in [0.29, 0.717) is 0 Å². The van der Waals surface area contributed by atoms with E-state index in [9.17, 15) is 18.0 Å². The Bertz CT molecular complexity index is 337. The van der Waals surface area contributed by atoms with E-state index in [1.165, 1.54) is 19.1 Å². The zero-order valence-corrected chi connectivity index (χ0v) is 8.01. The standard InChI is InChI=1S/C10H10F3NO/c1-6(9(12)13)14-10(15)7-2-4-8(11)5-3-7/h2-6,9H,1H3,(H,14,15). The molecule has 0 spiro atoms. The van der Waals surface area contributed by atoms with Crippen LogP contribution < -0.4 is 5.32 Å². The summed E-state index contributed by atoms with van der Waals surface area (Å²) in [5.74, 6) is -1.11. The van der Waals surface area contributed by atoms with Crippen LogP contribution in [0.2, 0.25) is 0 Å². The van der Waals surface area contributed by atoms with E-state index in [2.05, 4.69) is 5.32 Å². The largest absolute Gasteiger partial charge is 0.344 e. The normalized spacial score (nSPS) is 12.6. The molecule has 1 atom stereocenters. The molecule has 0 heterocycles. The summed E-state index contributed by atoms with van der Waals surface area (Å²) in [7, 11) is 0. The molecule has 0 saturated carbocycles. The Kier molecular flexibility index (Phi) is 3.71. The lowest BCUT2D eigenvalue weighted by Crippen LogP contribution is -2.37. The molecular weight excluding hydrogens is 207 g/mol. The van der Waals surface area contributed by atoms with E-state index in [-0.39, 0.29) is 5.56 Å². The maximum atomic E-state index is 12.5. The first-order valence-corrected chi connectivity index (χ1v) is 4.35. The van der Waals surface area contributed by atoms with Crippen molar-refractivity contribution in [1.29, 1.82) is 0 Å². The van der Waals surface area contributed by atoms with E-state index < -0.39 is 24.2 Å². The zero-order valence-electron chi connectivity index (χ0n) is 8.01. The first-order valence-electron chi connectivity index (χ1n) is 4.35. The van der Waals surface area contributed by atoms with Gasteiger partial charge in [-0.15, -0.1) is 0 Å². The number of carbonyl (C=O) groups excluding carboxylic acids is 1. The van der Waals surface area contributed by atoms with Gasteiger partial charge in [0, 0.05) is 5.56 Å². The topological polar surface area (TPSA) is 29.1 Å². The van der Waals surface area contributed by atoms with E-state index in [0.717, 1.165) is 12.1 Å². The Morgan fingerprint density at radius 3 is 2.27 bits per heavy atom. The molecule has 0 aliphatic heterocycles. The number of hydrogen-bond acceptors (Lipinski definition) is 1. The average Bonchev–Trinajstić information content (AvgIpc) is 2.18. The third-order valence-electron chi connectivity index (χ3n) is 1.84. The molecule has 0 bridgehead atoms. The Balaban J connectivity index is 2.65. The summed E-state index contributed by atoms with van der Waals surface area (Å²) in [6, 6.07) is 3.46. The molecule has 0 saturated heterocycles. The van der Waals surface area contributed by atoms with Gasteiger partial charge in [-0.1, -0.05) is 0 Å². The quantitative estimate of drug-likeness (QED) is 0.826. The van der Waals surface area contributed by atoms with Gasteiger partial charge in [-0.25, -0.2) is 13.2 Å². The lowest BCUT2D eigenvalue weighted by atomic mass is 10.2. The molecule has 1 N–H and O–H groups in total. The minimum Gasteiger partial charge on any atom is -0.344 e. The van der Waals surface area contributed by atoms with Gasteiger partial charge < -0.3 is 5.32 Å². The second-order valence-electron chi connectivity index (χ2n) is 3.10. The number of alkyl halides is 2. The summed E-state index contributed by atoms with van der Waals surface area (Å²) in [6.45, 7) is 1.20. The smallest absolute Gasteiger partial charge is 0.258 e. The highest BCUT2D eigenvalue weighted by atomic mass is 19.3. The van der Waals surface area contributed by atoms with E-state index >= 15 is 0 Å². The Morgan fingerprint density at radius 1 is 1.27 bits per heavy atom. The minimum atomic E-state index is -2.62. The van der Waals surface area contributed by atoms with E-state index in [4.69, 9.17) is 0 Å². The monoisotopic (exact) mass is 217 g/mol. The molecular formula is C10H10F3NO. The maximum Gasteiger partial charge on any atom is 0.258 e. The van der Waals surface area contributed by atoms with Gasteiger partial charge in [0.15, 0.2) is 0 Å². The second-order valence-corrected chi connectivity index (χ2v) is 3.10. The van der Waals surface area contributed by atoms with Crippen LogP contribution in [0.3, 0.4) is 0 Å². The van der Waals surface area contributed by atoms with Crippen molar-refractivity contribution >= 4 is 5.91 Å². The summed E-state index contributed by atoms with van der Waals surface area (Å²) in [5, 5.41) is 2.10. The first-order chi connectivity index (χ1) is 7.00. The van der Waals surface area contributed by atoms with Crippen molar-refractivity contribution < 1.29 is 18.0 Å². The highest BCUT2D eigenvalue weighted by Crippen LogP contribution is 2.05. The number of rotatable bonds is 3. The van der Waals surface area contributed by atoms with Crippen LogP contribution in [-0.4, -0.2) is 18.4 Å². The number of carbonyl (C=O) groups is 1. The van der Waals surface area contributed by atoms with Gasteiger partial charge in [0.05, 0.1) is 6.04 Å². The number of amides is 1. The van der Waals surface area contributed by atoms with Gasteiger partial charge in [0.25, 0.3) is 12.3 Å². The Hall–Kier alpha value is -1.52. The van der Waals surface area contributed by atoms with E-state index in [1.807, 2.05) is 0 Å². The molecule has 0 fully saturated rings. The third-order valence-corrected chi connectivity index (χ3v) is 1.84. The van der Waals surface area contributed by atoms with Crippen LogP contribution >= 0.6 is 0 Å². The molecule has 1 amide bonds. The molecule has 82 valence electrons. The predicted molar refractivity (Wildman–Crippen MR) is 49.3 cm³/mol. The van der Waals surface area contributed by atoms with Crippen LogP contribution in [0.1, 0.15) is 17.3 Å². The molecule has 1 rings (SSSR count). The first kappa shape index (κ1) is 11.6. The fraction of sp³-hybridized carbons (Fsp3) is 0.300. The van der Waals surface area contributed by atoms with Gasteiger partial charge in [-0.3, -0.25) is 4.79 Å². The lowest BCUT2D eigenvalue weighted by molar-refractivity contribution is 0.0780. The molecule has 0 aromatic heterocycles. The molecule has 1 aromatic rings. The van der Waals surface area contributed by atoms with Gasteiger partial charge in [0.1, 0.15) is 5.82 Å². The molecule has 1 unspecified atom stereocenters. The molecule has 0 aliphatic rings. The SMILES string of the molecule is CC(NC(=O)c1ccc(F)cc1)C(F)F. The summed E-state index contributed by atoms with van der Waals surface area (Å²) in [5.41, 5.74) is 0.156. The van der Waals surface area contributed by atoms with Crippen LogP contribution in [0.4, 0.5) is 13.2 Å². The fourth-order valence-corrected chi connectivity index (χ4v) is 0.954. The minimum absolute atomic E-state index is 0.156. The van der Waals surface area contributed by atoms with Crippen LogP contribution in [0.15, 0.2) is 24.3 Å². The number of halogens is 3. The Morgan fingerprint density at radius 2 is 1.80 bits per heavy atom. The van der Waals surface area contributed by atoms with Crippen molar-refractivity contribution in [3.63, 3.8) is 0 Å². The van der Waals surface area contributed by atoms with Crippen molar-refractivity contribution in [2.45, 2.75) is 19.4 Å². The van der Waals surface area contributed by atoms with E-state index in [1.54, 1.807) is 0 Å². The summed E-state index contributed by atoms with van der Waals surface area (Å²) in [6.07, 6.45) is -2.62. The van der Waals surface area contributed by atoms with Gasteiger partial charge in [0.2, 0.25) is 0 Å². The van der Waals surface area contributed by atoms with Crippen LogP contribution in [0.5, 0.6) is 0 Å². The third kappa shape index (κ3) is 3.27. The molecule has 5 heteroatoms. The number of nitrogens with one attached hydrogen (secondary N) is 1. The van der Waals surface area contributed by atoms with Crippen molar-refractivity contribution in [3.05, 3.63) is 35.6 Å². The van der Waals surface area contributed by atoms with Crippen molar-refractivity contribution in [2.75, 3.05) is 0 Å². The molecule has 1 aromatic carbocycles. The molecule has 0 radical (unpaired) electrons. The zero-order chi connectivity index (χ0) is 11.4. The lowest BCUT2D eigenvalue weighted by Gasteiger charge is -2.12. The average molecular weight is 217 g/mol. The Labute approximate surface area is 85.1 Å². The van der Waals surface area contributed by atoms with Crippen molar-refractivity contribution in [2.24, 2.45) is 0 Å². The summed E-state index contributed by atoms with van der Waals surface area (Å²) < 4.78 is 36.7. The molecule has 0 aliphatic carbocycles. The van der Waals surface area contributed by atoms with Gasteiger partial charge >= 0.3 is 0 Å². The van der Waals surface area contributed by atoms with Gasteiger partial charge in [-0.05, 0) is 31.2 Å². The number of hydrogen-bond donors (Lipinski definition) is 1. The maximum absolute atomic E-state index is 12.5. The predicted octanol–water partition coefficient (Wildman–Crippen LogP) is 2.21. The fourth-order valence-electron chi connectivity index (χ4n) is 0.954. The van der Waals surface area contributed by atoms with Crippen LogP contribution in [0, 0.1) is 5.82 Å². The highest BCUT2D eigenvalue weighted by Gasteiger charge is 2.17. The second kappa shape index (κ2) is 4.82.